The lowest BCUT2D eigenvalue weighted by atomic mass is 10.3. The molecule has 2 rings (SSSR count). The van der Waals surface area contributed by atoms with Gasteiger partial charge in [-0.2, -0.15) is 0 Å². The molecule has 0 unspecified atom stereocenters. The third kappa shape index (κ3) is 0.942. The highest BCUT2D eigenvalue weighted by Crippen LogP contribution is 2.30. The van der Waals surface area contributed by atoms with E-state index in [1.54, 1.807) is 11.8 Å². The zero-order valence-corrected chi connectivity index (χ0v) is 6.87. The number of nitrogens with one attached hydrogen (secondary N) is 1. The summed E-state index contributed by atoms with van der Waals surface area (Å²) in [5, 5.41) is 3.14. The summed E-state index contributed by atoms with van der Waals surface area (Å²) in [6.45, 7) is 2.17. The van der Waals surface area contributed by atoms with Gasteiger partial charge in [0.05, 0.1) is 18.0 Å². The van der Waals surface area contributed by atoms with E-state index < -0.39 is 0 Å². The maximum absolute atomic E-state index is 11.1. The number of amides is 1. The van der Waals surface area contributed by atoms with E-state index in [1.807, 2.05) is 24.3 Å². The third-order valence-corrected chi connectivity index (χ3v) is 2.00. The minimum absolute atomic E-state index is 0.0763. The molecule has 0 aromatic heterocycles. The van der Waals surface area contributed by atoms with Crippen LogP contribution in [0.25, 0.3) is 0 Å². The first-order chi connectivity index (χ1) is 5.79. The molecule has 3 heteroatoms. The number of para-hydroxylation sites is 2. The van der Waals surface area contributed by atoms with Gasteiger partial charge in [0.2, 0.25) is 5.91 Å². The predicted octanol–water partition coefficient (Wildman–Crippen LogP) is 1.42. The van der Waals surface area contributed by atoms with Gasteiger partial charge >= 0.3 is 0 Å². The van der Waals surface area contributed by atoms with Gasteiger partial charge in [-0.25, -0.2) is 0 Å². The van der Waals surface area contributed by atoms with Gasteiger partial charge < -0.3 is 5.32 Å². The average molecular weight is 162 g/mol. The van der Waals surface area contributed by atoms with Gasteiger partial charge in [-0.05, 0) is 12.1 Å². The minimum Gasteiger partial charge on any atom is -0.366 e. The van der Waals surface area contributed by atoms with Crippen LogP contribution in [0.3, 0.4) is 0 Å². The minimum atomic E-state index is 0.0763. The Morgan fingerprint density at radius 3 is 3.00 bits per heavy atom. The van der Waals surface area contributed by atoms with Crippen molar-refractivity contribution in [2.75, 3.05) is 16.9 Å². The van der Waals surface area contributed by atoms with Crippen LogP contribution in [0, 0.1) is 0 Å². The van der Waals surface area contributed by atoms with E-state index in [0.717, 1.165) is 11.4 Å². The fraction of sp³-hybridized carbons (Fsp3) is 0.222. The molecule has 0 atom stereocenters. The molecular formula is C9H10N2O. The first kappa shape index (κ1) is 7.16. The Bertz CT molecular complexity index is 322. The van der Waals surface area contributed by atoms with Gasteiger partial charge in [0.1, 0.15) is 0 Å². The van der Waals surface area contributed by atoms with Crippen molar-refractivity contribution in [1.82, 2.24) is 0 Å². The maximum atomic E-state index is 11.1. The molecule has 62 valence electrons. The second-order valence-corrected chi connectivity index (χ2v) is 2.80. The molecule has 1 heterocycles. The number of carbonyl (C=O) groups is 1. The van der Waals surface area contributed by atoms with Crippen LogP contribution in [0.4, 0.5) is 11.4 Å². The summed E-state index contributed by atoms with van der Waals surface area (Å²) in [5.74, 6) is 0.0763. The van der Waals surface area contributed by atoms with Crippen LogP contribution in [-0.4, -0.2) is 12.6 Å². The van der Waals surface area contributed by atoms with Gasteiger partial charge in [0, 0.05) is 6.92 Å². The van der Waals surface area contributed by atoms with Crippen molar-refractivity contribution in [2.45, 2.75) is 6.92 Å². The van der Waals surface area contributed by atoms with Crippen molar-refractivity contribution in [1.29, 1.82) is 0 Å². The van der Waals surface area contributed by atoms with Crippen molar-refractivity contribution < 1.29 is 4.79 Å². The van der Waals surface area contributed by atoms with Crippen LogP contribution >= 0.6 is 0 Å². The number of anilines is 2. The molecule has 1 aliphatic rings. The average Bonchev–Trinajstić information content (AvgIpc) is 2.47. The first-order valence-corrected chi connectivity index (χ1v) is 3.90. The summed E-state index contributed by atoms with van der Waals surface area (Å²) in [4.78, 5) is 12.8. The summed E-state index contributed by atoms with van der Waals surface area (Å²) in [6.07, 6.45) is 0. The van der Waals surface area contributed by atoms with E-state index in [1.165, 1.54) is 0 Å². The standard InChI is InChI=1S/C9H10N2O/c1-7(12)11-6-10-8-4-2-3-5-9(8)11/h2-5,10H,6H2,1H3. The molecule has 0 bridgehead atoms. The number of nitrogens with zero attached hydrogens (tertiary/aromatic N) is 1. The molecular weight excluding hydrogens is 152 g/mol. The van der Waals surface area contributed by atoms with Crippen LogP contribution in [0.2, 0.25) is 0 Å². The first-order valence-electron chi connectivity index (χ1n) is 3.90. The van der Waals surface area contributed by atoms with Gasteiger partial charge in [0.15, 0.2) is 0 Å². The Morgan fingerprint density at radius 2 is 2.25 bits per heavy atom. The Morgan fingerprint density at radius 1 is 1.50 bits per heavy atom. The van der Waals surface area contributed by atoms with Crippen molar-refractivity contribution in [3.63, 3.8) is 0 Å². The predicted molar refractivity (Wildman–Crippen MR) is 48.1 cm³/mol. The summed E-state index contributed by atoms with van der Waals surface area (Å²) in [6, 6.07) is 7.80. The summed E-state index contributed by atoms with van der Waals surface area (Å²) >= 11 is 0. The van der Waals surface area contributed by atoms with Crippen LogP contribution in [0.15, 0.2) is 24.3 Å². The number of benzene rings is 1. The molecule has 0 aliphatic carbocycles. The second-order valence-electron chi connectivity index (χ2n) is 2.80. The monoisotopic (exact) mass is 162 g/mol. The fourth-order valence-electron chi connectivity index (χ4n) is 1.39. The Hall–Kier alpha value is -1.51. The largest absolute Gasteiger partial charge is 0.366 e. The number of fused-ring (bicyclic) bond motifs is 1. The van der Waals surface area contributed by atoms with E-state index >= 15 is 0 Å². The highest BCUT2D eigenvalue weighted by molar-refractivity contribution is 5.97. The summed E-state index contributed by atoms with van der Waals surface area (Å²) in [7, 11) is 0. The molecule has 1 aliphatic heterocycles. The van der Waals surface area contributed by atoms with Crippen molar-refractivity contribution in [2.24, 2.45) is 0 Å². The topological polar surface area (TPSA) is 32.3 Å². The lowest BCUT2D eigenvalue weighted by molar-refractivity contribution is -0.116. The van der Waals surface area contributed by atoms with E-state index in [4.69, 9.17) is 0 Å². The van der Waals surface area contributed by atoms with Crippen molar-refractivity contribution in [3.8, 4) is 0 Å². The third-order valence-electron chi connectivity index (χ3n) is 2.00. The van der Waals surface area contributed by atoms with Crippen molar-refractivity contribution in [3.05, 3.63) is 24.3 Å². The molecule has 1 N–H and O–H groups in total. The molecule has 1 aromatic rings. The molecule has 1 amide bonds. The number of carbonyl (C=O) groups excluding carboxylic acids is 1. The van der Waals surface area contributed by atoms with E-state index in [2.05, 4.69) is 5.32 Å². The highest BCUT2D eigenvalue weighted by atomic mass is 16.2. The zero-order chi connectivity index (χ0) is 8.55. The summed E-state index contributed by atoms with van der Waals surface area (Å²) in [5.41, 5.74) is 2.01. The molecule has 0 radical (unpaired) electrons. The SMILES string of the molecule is CC(=O)N1CNc2ccccc21. The van der Waals surface area contributed by atoms with Crippen LogP contribution < -0.4 is 10.2 Å². The molecule has 0 fully saturated rings. The lowest BCUT2D eigenvalue weighted by Gasteiger charge is -2.11. The Labute approximate surface area is 71.0 Å². The van der Waals surface area contributed by atoms with Gasteiger partial charge in [0.25, 0.3) is 0 Å². The molecule has 12 heavy (non-hydrogen) atoms. The smallest absolute Gasteiger partial charge is 0.225 e. The fourth-order valence-corrected chi connectivity index (χ4v) is 1.39. The number of rotatable bonds is 0. The van der Waals surface area contributed by atoms with Crippen LogP contribution in [-0.2, 0) is 4.79 Å². The molecule has 1 aromatic carbocycles. The van der Waals surface area contributed by atoms with Crippen LogP contribution in [0.1, 0.15) is 6.92 Å². The zero-order valence-electron chi connectivity index (χ0n) is 6.87. The molecule has 0 spiro atoms. The van der Waals surface area contributed by atoms with Gasteiger partial charge in [-0.3, -0.25) is 9.69 Å². The molecule has 0 saturated carbocycles. The number of hydrogen-bond acceptors (Lipinski definition) is 2. The number of hydrogen-bond donors (Lipinski definition) is 1. The normalized spacial score (nSPS) is 13.9. The van der Waals surface area contributed by atoms with Gasteiger partial charge in [-0.1, -0.05) is 12.1 Å². The summed E-state index contributed by atoms with van der Waals surface area (Å²) < 4.78 is 0. The van der Waals surface area contributed by atoms with E-state index in [0.29, 0.717) is 6.67 Å². The van der Waals surface area contributed by atoms with E-state index in [-0.39, 0.29) is 5.91 Å². The van der Waals surface area contributed by atoms with Crippen LogP contribution in [0.5, 0.6) is 0 Å². The Balaban J connectivity index is 2.42. The highest BCUT2D eigenvalue weighted by Gasteiger charge is 2.20. The Kier molecular flexibility index (Phi) is 1.50. The van der Waals surface area contributed by atoms with Gasteiger partial charge in [-0.15, -0.1) is 0 Å². The second kappa shape index (κ2) is 2.52. The van der Waals surface area contributed by atoms with Crippen molar-refractivity contribution >= 4 is 17.3 Å². The molecule has 3 nitrogen and oxygen atoms in total. The van der Waals surface area contributed by atoms with E-state index in [9.17, 15) is 4.79 Å². The molecule has 0 saturated heterocycles. The quantitative estimate of drug-likeness (QED) is 0.625. The maximum Gasteiger partial charge on any atom is 0.225 e. The lowest BCUT2D eigenvalue weighted by Crippen LogP contribution is -2.27.